The fourth-order valence-electron chi connectivity index (χ4n) is 2.04. The van der Waals surface area contributed by atoms with Crippen LogP contribution in [0.3, 0.4) is 0 Å². The Hall–Kier alpha value is -2.43. The molecule has 1 amide bonds. The maximum absolute atomic E-state index is 11.7. The Balaban J connectivity index is 1.90. The van der Waals surface area contributed by atoms with Crippen molar-refractivity contribution in [3.8, 4) is 0 Å². The molecule has 1 aromatic heterocycles. The standard InChI is InChI=1S/C16H18N2O3/c1-2-21-15(20)9-8-14(19)18-11-13-6-3-5-12-7-4-10-17-16(12)13/h3-7,10H,2,8-9,11H2,1H3,(H,18,19). The Labute approximate surface area is 123 Å². The Morgan fingerprint density at radius 3 is 2.81 bits per heavy atom. The van der Waals surface area contributed by atoms with E-state index in [-0.39, 0.29) is 24.7 Å². The van der Waals surface area contributed by atoms with Gasteiger partial charge < -0.3 is 10.1 Å². The van der Waals surface area contributed by atoms with Crippen LogP contribution in [0.5, 0.6) is 0 Å². The van der Waals surface area contributed by atoms with E-state index in [2.05, 4.69) is 10.3 Å². The number of benzene rings is 1. The first kappa shape index (κ1) is 15.0. The molecular weight excluding hydrogens is 268 g/mol. The van der Waals surface area contributed by atoms with Crippen molar-refractivity contribution in [1.29, 1.82) is 0 Å². The first-order chi connectivity index (χ1) is 10.2. The zero-order chi connectivity index (χ0) is 15.1. The summed E-state index contributed by atoms with van der Waals surface area (Å²) < 4.78 is 4.78. The van der Waals surface area contributed by atoms with E-state index in [4.69, 9.17) is 4.74 Å². The lowest BCUT2D eigenvalue weighted by Crippen LogP contribution is -2.23. The predicted octanol–water partition coefficient (Wildman–Crippen LogP) is 2.19. The first-order valence-electron chi connectivity index (χ1n) is 6.95. The van der Waals surface area contributed by atoms with Gasteiger partial charge in [-0.05, 0) is 18.6 Å². The fraction of sp³-hybridized carbons (Fsp3) is 0.312. The lowest BCUT2D eigenvalue weighted by atomic mass is 10.1. The molecule has 110 valence electrons. The van der Waals surface area contributed by atoms with Gasteiger partial charge in [0.2, 0.25) is 5.91 Å². The number of carbonyl (C=O) groups is 2. The number of pyridine rings is 1. The van der Waals surface area contributed by atoms with Crippen LogP contribution < -0.4 is 5.32 Å². The van der Waals surface area contributed by atoms with Crippen molar-refractivity contribution in [3.63, 3.8) is 0 Å². The Kier molecular flexibility index (Phi) is 5.26. The number of aromatic nitrogens is 1. The Morgan fingerprint density at radius 2 is 2.00 bits per heavy atom. The van der Waals surface area contributed by atoms with Gasteiger partial charge in [0.1, 0.15) is 0 Å². The molecule has 5 heteroatoms. The second kappa shape index (κ2) is 7.38. The number of para-hydroxylation sites is 1. The van der Waals surface area contributed by atoms with Crippen LogP contribution in [0, 0.1) is 0 Å². The van der Waals surface area contributed by atoms with Gasteiger partial charge in [0, 0.05) is 24.5 Å². The summed E-state index contributed by atoms with van der Waals surface area (Å²) >= 11 is 0. The van der Waals surface area contributed by atoms with Gasteiger partial charge in [-0.25, -0.2) is 0 Å². The normalized spacial score (nSPS) is 10.3. The molecule has 0 aliphatic heterocycles. The minimum atomic E-state index is -0.348. The lowest BCUT2D eigenvalue weighted by Gasteiger charge is -2.07. The average molecular weight is 286 g/mol. The predicted molar refractivity (Wildman–Crippen MR) is 79.5 cm³/mol. The van der Waals surface area contributed by atoms with E-state index in [9.17, 15) is 9.59 Å². The third-order valence-corrected chi connectivity index (χ3v) is 3.05. The molecule has 5 nitrogen and oxygen atoms in total. The van der Waals surface area contributed by atoms with Crippen LogP contribution in [0.25, 0.3) is 10.9 Å². The number of nitrogens with zero attached hydrogens (tertiary/aromatic N) is 1. The number of nitrogens with one attached hydrogen (secondary N) is 1. The molecule has 0 aliphatic carbocycles. The molecule has 2 rings (SSSR count). The van der Waals surface area contributed by atoms with Crippen molar-refractivity contribution < 1.29 is 14.3 Å². The third kappa shape index (κ3) is 4.27. The van der Waals surface area contributed by atoms with Crippen LogP contribution in [0.4, 0.5) is 0 Å². The van der Waals surface area contributed by atoms with Crippen LogP contribution >= 0.6 is 0 Å². The van der Waals surface area contributed by atoms with E-state index in [1.165, 1.54) is 0 Å². The van der Waals surface area contributed by atoms with Crippen molar-refractivity contribution in [3.05, 3.63) is 42.1 Å². The summed E-state index contributed by atoms with van der Waals surface area (Å²) in [6, 6.07) is 9.71. The maximum Gasteiger partial charge on any atom is 0.306 e. The molecule has 21 heavy (non-hydrogen) atoms. The van der Waals surface area contributed by atoms with Gasteiger partial charge in [0.05, 0.1) is 18.5 Å². The number of fused-ring (bicyclic) bond motifs is 1. The van der Waals surface area contributed by atoms with Crippen LogP contribution in [0.2, 0.25) is 0 Å². The van der Waals surface area contributed by atoms with Crippen LogP contribution in [-0.2, 0) is 20.9 Å². The Bertz CT molecular complexity index is 635. The van der Waals surface area contributed by atoms with Gasteiger partial charge in [-0.15, -0.1) is 0 Å². The molecule has 1 N–H and O–H groups in total. The van der Waals surface area contributed by atoms with Crippen molar-refractivity contribution in [2.45, 2.75) is 26.3 Å². The minimum absolute atomic E-state index is 0.105. The highest BCUT2D eigenvalue weighted by atomic mass is 16.5. The molecule has 0 bridgehead atoms. The fourth-order valence-corrected chi connectivity index (χ4v) is 2.04. The van der Waals surface area contributed by atoms with Crippen LogP contribution in [-0.4, -0.2) is 23.5 Å². The van der Waals surface area contributed by atoms with Crippen molar-refractivity contribution in [2.24, 2.45) is 0 Å². The number of rotatable bonds is 6. The number of esters is 1. The summed E-state index contributed by atoms with van der Waals surface area (Å²) in [4.78, 5) is 27.2. The Morgan fingerprint density at radius 1 is 1.19 bits per heavy atom. The molecule has 0 fully saturated rings. The average Bonchev–Trinajstić information content (AvgIpc) is 2.51. The van der Waals surface area contributed by atoms with E-state index >= 15 is 0 Å². The summed E-state index contributed by atoms with van der Waals surface area (Å²) in [7, 11) is 0. The van der Waals surface area contributed by atoms with Gasteiger partial charge in [0.25, 0.3) is 0 Å². The quantitative estimate of drug-likeness (QED) is 0.827. The maximum atomic E-state index is 11.7. The molecule has 0 unspecified atom stereocenters. The number of amides is 1. The van der Waals surface area contributed by atoms with Gasteiger partial charge in [-0.2, -0.15) is 0 Å². The highest BCUT2D eigenvalue weighted by Crippen LogP contribution is 2.15. The third-order valence-electron chi connectivity index (χ3n) is 3.05. The summed E-state index contributed by atoms with van der Waals surface area (Å²) in [5.41, 5.74) is 1.84. The van der Waals surface area contributed by atoms with E-state index in [1.54, 1.807) is 13.1 Å². The summed E-state index contributed by atoms with van der Waals surface area (Å²) in [5.74, 6) is -0.518. The number of hydrogen-bond donors (Lipinski definition) is 1. The minimum Gasteiger partial charge on any atom is -0.466 e. The highest BCUT2D eigenvalue weighted by molar-refractivity contribution is 5.83. The molecule has 0 saturated heterocycles. The summed E-state index contributed by atoms with van der Waals surface area (Å²) in [6.45, 7) is 2.48. The molecular formula is C16H18N2O3. The molecule has 0 aliphatic rings. The van der Waals surface area contributed by atoms with Crippen LogP contribution in [0.1, 0.15) is 25.3 Å². The summed E-state index contributed by atoms with van der Waals surface area (Å²) in [5, 5.41) is 3.84. The smallest absolute Gasteiger partial charge is 0.306 e. The molecule has 1 heterocycles. The largest absolute Gasteiger partial charge is 0.466 e. The zero-order valence-electron chi connectivity index (χ0n) is 12.0. The van der Waals surface area contributed by atoms with Crippen molar-refractivity contribution in [2.75, 3.05) is 6.61 Å². The van der Waals surface area contributed by atoms with Gasteiger partial charge in [-0.1, -0.05) is 24.3 Å². The van der Waals surface area contributed by atoms with Crippen molar-refractivity contribution >= 4 is 22.8 Å². The molecule has 1 aromatic carbocycles. The van der Waals surface area contributed by atoms with Gasteiger partial charge in [-0.3, -0.25) is 14.6 Å². The van der Waals surface area contributed by atoms with Crippen molar-refractivity contribution in [1.82, 2.24) is 10.3 Å². The number of carbonyl (C=O) groups excluding carboxylic acids is 2. The summed E-state index contributed by atoms with van der Waals surface area (Å²) in [6.07, 6.45) is 1.97. The van der Waals surface area contributed by atoms with E-state index in [0.717, 1.165) is 16.5 Å². The number of hydrogen-bond acceptors (Lipinski definition) is 4. The second-order valence-corrected chi connectivity index (χ2v) is 4.57. The SMILES string of the molecule is CCOC(=O)CCC(=O)NCc1cccc2cccnc12. The topological polar surface area (TPSA) is 68.3 Å². The lowest BCUT2D eigenvalue weighted by molar-refractivity contribution is -0.144. The van der Waals surface area contributed by atoms with E-state index < -0.39 is 0 Å². The second-order valence-electron chi connectivity index (χ2n) is 4.57. The van der Waals surface area contributed by atoms with Gasteiger partial charge >= 0.3 is 5.97 Å². The van der Waals surface area contributed by atoms with Gasteiger partial charge in [0.15, 0.2) is 0 Å². The zero-order valence-corrected chi connectivity index (χ0v) is 12.0. The molecule has 0 atom stereocenters. The first-order valence-corrected chi connectivity index (χ1v) is 6.95. The monoisotopic (exact) mass is 286 g/mol. The molecule has 0 saturated carbocycles. The molecule has 0 spiro atoms. The van der Waals surface area contributed by atoms with Crippen LogP contribution in [0.15, 0.2) is 36.5 Å². The molecule has 2 aromatic rings. The molecule has 0 radical (unpaired) electrons. The highest BCUT2D eigenvalue weighted by Gasteiger charge is 2.08. The number of ether oxygens (including phenoxy) is 1. The van der Waals surface area contributed by atoms with E-state index in [0.29, 0.717) is 13.2 Å². The van der Waals surface area contributed by atoms with E-state index in [1.807, 2.05) is 30.3 Å².